The molecular weight excluding hydrogens is 511 g/mol. The number of aromatic amines is 1. The molecule has 3 heterocycles. The number of nitrogens with one attached hydrogen (secondary N) is 3. The van der Waals surface area contributed by atoms with Gasteiger partial charge in [0.2, 0.25) is 5.91 Å². The van der Waals surface area contributed by atoms with Gasteiger partial charge >= 0.3 is 5.97 Å². The lowest BCUT2D eigenvalue weighted by atomic mass is 9.98. The number of H-pyrrole nitrogens is 1. The molecule has 11 nitrogen and oxygen atoms in total. The molecule has 1 fully saturated rings. The van der Waals surface area contributed by atoms with Crippen LogP contribution in [-0.4, -0.2) is 80.7 Å². The first-order chi connectivity index (χ1) is 18.4. The van der Waals surface area contributed by atoms with E-state index in [2.05, 4.69) is 15.6 Å². The SMILES string of the molecule is Cc1[nH]c(/C=C2\C(=O)Nc3ccc(F)cc32)c(C)c1C(=O)NCC[C@@H](O)C[C@@H](O)CC(=O)N1CC(C(=O)O)C1. The lowest BCUT2D eigenvalue weighted by Gasteiger charge is -2.37. The third-order valence-electron chi connectivity index (χ3n) is 7.06. The van der Waals surface area contributed by atoms with Crippen LogP contribution < -0.4 is 10.6 Å². The number of rotatable bonds is 10. The molecule has 0 radical (unpaired) electrons. The van der Waals surface area contributed by atoms with Crippen molar-refractivity contribution in [2.45, 2.75) is 45.3 Å². The number of amides is 3. The lowest BCUT2D eigenvalue weighted by molar-refractivity contribution is -0.153. The number of carboxylic acids is 1. The molecule has 2 aromatic rings. The van der Waals surface area contributed by atoms with Crippen LogP contribution in [0, 0.1) is 25.6 Å². The second-order valence-corrected chi connectivity index (χ2v) is 9.99. The van der Waals surface area contributed by atoms with E-state index in [0.29, 0.717) is 33.8 Å². The first-order valence-corrected chi connectivity index (χ1v) is 12.6. The third kappa shape index (κ3) is 6.18. The largest absolute Gasteiger partial charge is 0.481 e. The number of fused-ring (bicyclic) bond motifs is 1. The lowest BCUT2D eigenvalue weighted by Crippen LogP contribution is -2.53. The van der Waals surface area contributed by atoms with Crippen LogP contribution in [0.15, 0.2) is 18.2 Å². The maximum atomic E-state index is 13.7. The van der Waals surface area contributed by atoms with Gasteiger partial charge in [0.1, 0.15) is 5.82 Å². The maximum absolute atomic E-state index is 13.7. The summed E-state index contributed by atoms with van der Waals surface area (Å²) in [6, 6.07) is 4.02. The highest BCUT2D eigenvalue weighted by atomic mass is 19.1. The van der Waals surface area contributed by atoms with Crippen molar-refractivity contribution in [3.05, 3.63) is 52.1 Å². The van der Waals surface area contributed by atoms with E-state index < -0.39 is 29.9 Å². The number of aliphatic hydroxyl groups is 2. The molecule has 2 atom stereocenters. The number of hydrogen-bond donors (Lipinski definition) is 6. The average Bonchev–Trinajstić information content (AvgIpc) is 3.26. The van der Waals surface area contributed by atoms with Gasteiger partial charge in [0.15, 0.2) is 0 Å². The Kier molecular flexibility index (Phi) is 8.17. The number of carboxylic acid groups (broad SMARTS) is 1. The minimum atomic E-state index is -1.09. The van der Waals surface area contributed by atoms with E-state index >= 15 is 0 Å². The van der Waals surface area contributed by atoms with Crippen molar-refractivity contribution in [2.75, 3.05) is 25.0 Å². The van der Waals surface area contributed by atoms with Gasteiger partial charge in [-0.2, -0.15) is 0 Å². The number of hydrogen-bond acceptors (Lipinski definition) is 6. The first-order valence-electron chi connectivity index (χ1n) is 12.6. The summed E-state index contributed by atoms with van der Waals surface area (Å²) >= 11 is 0. The second-order valence-electron chi connectivity index (χ2n) is 9.99. The first kappa shape index (κ1) is 28.0. The van der Waals surface area contributed by atoms with Gasteiger partial charge in [-0.25, -0.2) is 4.39 Å². The van der Waals surface area contributed by atoms with Crippen LogP contribution in [0.4, 0.5) is 10.1 Å². The molecule has 2 aliphatic rings. The van der Waals surface area contributed by atoms with Gasteiger partial charge in [0, 0.05) is 42.3 Å². The zero-order chi connectivity index (χ0) is 28.4. The number of aliphatic carboxylic acids is 1. The van der Waals surface area contributed by atoms with Crippen LogP contribution in [-0.2, 0) is 14.4 Å². The Morgan fingerprint density at radius 1 is 1.21 bits per heavy atom. The van der Waals surface area contributed by atoms with E-state index in [0.717, 1.165) is 0 Å². The summed E-state index contributed by atoms with van der Waals surface area (Å²) in [5, 5.41) is 34.7. The van der Waals surface area contributed by atoms with Crippen molar-refractivity contribution in [3.8, 4) is 0 Å². The molecule has 3 amide bonds. The summed E-state index contributed by atoms with van der Waals surface area (Å²) < 4.78 is 13.7. The molecule has 39 heavy (non-hydrogen) atoms. The van der Waals surface area contributed by atoms with Crippen LogP contribution in [0.1, 0.15) is 52.1 Å². The number of aromatic nitrogens is 1. The van der Waals surface area contributed by atoms with E-state index in [4.69, 9.17) is 5.11 Å². The number of halogens is 1. The highest BCUT2D eigenvalue weighted by Gasteiger charge is 2.36. The van der Waals surface area contributed by atoms with E-state index in [-0.39, 0.29) is 62.2 Å². The fourth-order valence-electron chi connectivity index (χ4n) is 4.83. The molecule has 0 spiro atoms. The molecule has 0 bridgehead atoms. The van der Waals surface area contributed by atoms with E-state index in [1.807, 2.05) is 0 Å². The number of likely N-dealkylation sites (tertiary alicyclic amines) is 1. The summed E-state index contributed by atoms with van der Waals surface area (Å²) in [4.78, 5) is 52.7. The minimum Gasteiger partial charge on any atom is -0.481 e. The maximum Gasteiger partial charge on any atom is 0.310 e. The molecule has 4 rings (SSSR count). The van der Waals surface area contributed by atoms with Crippen LogP contribution in [0.25, 0.3) is 11.6 Å². The summed E-state index contributed by atoms with van der Waals surface area (Å²) in [5.74, 6) is -3.14. The Hall–Kier alpha value is -4.03. The predicted molar refractivity (Wildman–Crippen MR) is 139 cm³/mol. The fourth-order valence-corrected chi connectivity index (χ4v) is 4.83. The number of carbonyl (C=O) groups is 4. The minimum absolute atomic E-state index is 0.0676. The number of nitrogens with zero attached hydrogens (tertiary/aromatic N) is 1. The molecule has 0 aliphatic carbocycles. The van der Waals surface area contributed by atoms with Gasteiger partial charge < -0.3 is 35.8 Å². The van der Waals surface area contributed by atoms with Gasteiger partial charge in [-0.05, 0) is 56.5 Å². The summed E-state index contributed by atoms with van der Waals surface area (Å²) in [6.45, 7) is 3.79. The number of anilines is 1. The topological polar surface area (TPSA) is 172 Å². The Bertz CT molecular complexity index is 1350. The van der Waals surface area contributed by atoms with Crippen LogP contribution in [0.5, 0.6) is 0 Å². The standard InChI is InChI=1S/C27H31FN4O7/c1-13-22(10-20-19-7-16(28)3-4-21(19)31-25(20)36)30-14(2)24(13)26(37)29-6-5-17(33)8-18(34)9-23(35)32-11-15(12-32)27(38)39/h3-4,7,10,15,17-18,30,33-34H,5-6,8-9,11-12H2,1-2H3,(H,29,37)(H,31,36)(H,38,39)/b20-10-/t17-,18-/m1/s1. The van der Waals surface area contributed by atoms with Gasteiger partial charge in [-0.15, -0.1) is 0 Å². The van der Waals surface area contributed by atoms with Crippen molar-refractivity contribution in [1.29, 1.82) is 0 Å². The molecule has 2 aliphatic heterocycles. The molecule has 1 aromatic carbocycles. The fraction of sp³-hybridized carbons (Fsp3) is 0.407. The third-order valence-corrected chi connectivity index (χ3v) is 7.06. The molecule has 1 aromatic heterocycles. The Morgan fingerprint density at radius 2 is 1.92 bits per heavy atom. The van der Waals surface area contributed by atoms with Crippen molar-refractivity contribution < 1.29 is 38.9 Å². The van der Waals surface area contributed by atoms with Gasteiger partial charge in [-0.1, -0.05) is 0 Å². The zero-order valence-corrected chi connectivity index (χ0v) is 21.6. The van der Waals surface area contributed by atoms with Crippen molar-refractivity contribution in [1.82, 2.24) is 15.2 Å². The van der Waals surface area contributed by atoms with Crippen LogP contribution >= 0.6 is 0 Å². The molecule has 1 saturated heterocycles. The quantitative estimate of drug-likeness (QED) is 0.247. The Labute approximate surface area is 223 Å². The normalized spacial score (nSPS) is 17.4. The van der Waals surface area contributed by atoms with E-state index in [1.54, 1.807) is 19.9 Å². The molecule has 6 N–H and O–H groups in total. The van der Waals surface area contributed by atoms with Crippen molar-refractivity contribution in [3.63, 3.8) is 0 Å². The summed E-state index contributed by atoms with van der Waals surface area (Å²) in [7, 11) is 0. The van der Waals surface area contributed by atoms with E-state index in [1.165, 1.54) is 23.1 Å². The van der Waals surface area contributed by atoms with Crippen molar-refractivity contribution >= 4 is 41.0 Å². The highest BCUT2D eigenvalue weighted by molar-refractivity contribution is 6.34. The monoisotopic (exact) mass is 542 g/mol. The molecular formula is C27H31FN4O7. The van der Waals surface area contributed by atoms with E-state index in [9.17, 15) is 33.8 Å². The molecule has 208 valence electrons. The van der Waals surface area contributed by atoms with Crippen molar-refractivity contribution in [2.24, 2.45) is 5.92 Å². The number of benzene rings is 1. The Morgan fingerprint density at radius 3 is 2.62 bits per heavy atom. The molecule has 12 heteroatoms. The summed E-state index contributed by atoms with van der Waals surface area (Å²) in [6.07, 6.45) is -0.625. The molecule has 0 saturated carbocycles. The number of aryl methyl sites for hydroxylation is 1. The smallest absolute Gasteiger partial charge is 0.310 e. The Balaban J connectivity index is 1.29. The van der Waals surface area contributed by atoms with Gasteiger partial charge in [-0.3, -0.25) is 19.2 Å². The average molecular weight is 543 g/mol. The second kappa shape index (κ2) is 11.4. The van der Waals surface area contributed by atoms with Gasteiger partial charge in [0.25, 0.3) is 11.8 Å². The molecule has 0 unspecified atom stereocenters. The highest BCUT2D eigenvalue weighted by Crippen LogP contribution is 2.34. The number of aliphatic hydroxyl groups excluding tert-OH is 2. The van der Waals surface area contributed by atoms with Crippen LogP contribution in [0.2, 0.25) is 0 Å². The van der Waals surface area contributed by atoms with Gasteiger partial charge in [0.05, 0.1) is 35.7 Å². The van der Waals surface area contributed by atoms with Crippen LogP contribution in [0.3, 0.4) is 0 Å². The number of carbonyl (C=O) groups excluding carboxylic acids is 3. The summed E-state index contributed by atoms with van der Waals surface area (Å²) in [5.41, 5.74) is 3.30. The predicted octanol–water partition coefficient (Wildman–Crippen LogP) is 1.43. The zero-order valence-electron chi connectivity index (χ0n) is 21.6.